The summed E-state index contributed by atoms with van der Waals surface area (Å²) in [5.41, 5.74) is 5.25. The van der Waals surface area contributed by atoms with Crippen molar-refractivity contribution < 1.29 is 4.79 Å². The summed E-state index contributed by atoms with van der Waals surface area (Å²) in [5, 5.41) is 0. The number of carbonyl (C=O) groups excluding carboxylic acids is 1. The van der Waals surface area contributed by atoms with Crippen molar-refractivity contribution in [1.82, 2.24) is 0 Å². The molecule has 0 aliphatic rings. The molecule has 6 heavy (non-hydrogen) atoms. The molecular weight excluding hydrogens is 78.0 g/mol. The molecule has 0 saturated heterocycles. The molecule has 0 unspecified atom stereocenters. The summed E-state index contributed by atoms with van der Waals surface area (Å²) in [7, 11) is 0. The standard InChI is InChI=1S/C4H7NO/c1-2-4(5)3-6/h2,5H2,1H3. The smallest absolute Gasteiger partial charge is 0.145 e. The summed E-state index contributed by atoms with van der Waals surface area (Å²) in [6.45, 7) is 1.81. The first-order chi connectivity index (χ1) is 2.81. The molecule has 0 bridgehead atoms. The van der Waals surface area contributed by atoms with Gasteiger partial charge in [-0.25, -0.2) is 4.79 Å². The van der Waals surface area contributed by atoms with Gasteiger partial charge in [-0.15, -0.1) is 0 Å². The van der Waals surface area contributed by atoms with Gasteiger partial charge in [-0.3, -0.25) is 0 Å². The molecule has 0 rings (SSSR count). The average molecular weight is 85.1 g/mol. The normalized spacial score (nSPS) is 6.83. The van der Waals surface area contributed by atoms with Crippen LogP contribution in [-0.2, 0) is 4.79 Å². The van der Waals surface area contributed by atoms with E-state index in [0.29, 0.717) is 6.42 Å². The number of rotatable bonds is 1. The Kier molecular flexibility index (Phi) is 2.17. The van der Waals surface area contributed by atoms with E-state index in [1.54, 1.807) is 12.9 Å². The predicted octanol–water partition coefficient (Wildman–Crippen LogP) is 0.0706. The van der Waals surface area contributed by atoms with Crippen LogP contribution in [0.3, 0.4) is 0 Å². The van der Waals surface area contributed by atoms with Gasteiger partial charge in [0.1, 0.15) is 5.94 Å². The van der Waals surface area contributed by atoms with Gasteiger partial charge < -0.3 is 5.73 Å². The molecule has 2 nitrogen and oxygen atoms in total. The first-order valence-corrected chi connectivity index (χ1v) is 1.80. The number of nitrogens with two attached hydrogens (primary N) is 1. The van der Waals surface area contributed by atoms with Crippen LogP contribution in [0.2, 0.25) is 0 Å². The summed E-state index contributed by atoms with van der Waals surface area (Å²) in [6.07, 6.45) is 0.601. The maximum atomic E-state index is 9.45. The lowest BCUT2D eigenvalue weighted by atomic mass is 10.4. The van der Waals surface area contributed by atoms with Crippen molar-refractivity contribution in [2.24, 2.45) is 5.73 Å². The molecule has 0 spiro atoms. The van der Waals surface area contributed by atoms with Crippen LogP contribution < -0.4 is 5.73 Å². The van der Waals surface area contributed by atoms with Crippen LogP contribution in [0.1, 0.15) is 13.3 Å². The summed E-state index contributed by atoms with van der Waals surface area (Å²) >= 11 is 0. The highest BCUT2D eigenvalue weighted by Gasteiger charge is 1.76. The lowest BCUT2D eigenvalue weighted by Gasteiger charge is -1.78. The fourth-order valence-electron chi connectivity index (χ4n) is 0.0722. The van der Waals surface area contributed by atoms with E-state index in [2.05, 4.69) is 0 Å². The van der Waals surface area contributed by atoms with E-state index in [0.717, 1.165) is 0 Å². The van der Waals surface area contributed by atoms with Gasteiger partial charge >= 0.3 is 0 Å². The zero-order valence-electron chi connectivity index (χ0n) is 3.69. The van der Waals surface area contributed by atoms with Crippen LogP contribution in [0.15, 0.2) is 5.70 Å². The second kappa shape index (κ2) is 2.49. The largest absolute Gasteiger partial charge is 0.393 e. The highest BCUT2D eigenvalue weighted by molar-refractivity contribution is 5.50. The molecule has 0 saturated carbocycles. The molecule has 0 fully saturated rings. The minimum absolute atomic E-state index is 0.287. The van der Waals surface area contributed by atoms with Crippen LogP contribution in [-0.4, -0.2) is 5.94 Å². The van der Waals surface area contributed by atoms with Crippen LogP contribution in [0.5, 0.6) is 0 Å². The molecular formula is C4H7NO. The van der Waals surface area contributed by atoms with E-state index in [-0.39, 0.29) is 5.70 Å². The molecule has 0 aromatic rings. The average Bonchev–Trinajstić information content (AvgIpc) is 1.65. The predicted molar refractivity (Wildman–Crippen MR) is 23.7 cm³/mol. The van der Waals surface area contributed by atoms with E-state index in [1.165, 1.54) is 0 Å². The van der Waals surface area contributed by atoms with Crippen LogP contribution in [0.4, 0.5) is 0 Å². The molecule has 2 N–H and O–H groups in total. The van der Waals surface area contributed by atoms with Gasteiger partial charge in [-0.2, -0.15) is 0 Å². The molecule has 34 valence electrons. The minimum Gasteiger partial charge on any atom is -0.393 e. The summed E-state index contributed by atoms with van der Waals surface area (Å²) in [6, 6.07) is 0. The number of allylic oxidation sites excluding steroid dienone is 1. The van der Waals surface area contributed by atoms with Gasteiger partial charge in [0.05, 0.1) is 5.70 Å². The monoisotopic (exact) mass is 85.1 g/mol. The number of hydrogen-bond donors (Lipinski definition) is 1. The highest BCUT2D eigenvalue weighted by Crippen LogP contribution is 1.78. The van der Waals surface area contributed by atoms with Crippen molar-refractivity contribution in [2.75, 3.05) is 0 Å². The van der Waals surface area contributed by atoms with Gasteiger partial charge in [-0.05, 0) is 6.42 Å². The topological polar surface area (TPSA) is 43.1 Å². The van der Waals surface area contributed by atoms with Crippen molar-refractivity contribution >= 4 is 5.94 Å². The van der Waals surface area contributed by atoms with E-state index in [4.69, 9.17) is 5.73 Å². The molecule has 0 aliphatic heterocycles. The van der Waals surface area contributed by atoms with E-state index in [9.17, 15) is 4.79 Å². The van der Waals surface area contributed by atoms with E-state index >= 15 is 0 Å². The first kappa shape index (κ1) is 5.25. The second-order valence-electron chi connectivity index (χ2n) is 0.981. The van der Waals surface area contributed by atoms with Gasteiger partial charge in [0.25, 0.3) is 0 Å². The van der Waals surface area contributed by atoms with Crippen molar-refractivity contribution in [3.63, 3.8) is 0 Å². The lowest BCUT2D eigenvalue weighted by molar-refractivity contribution is 0.566. The van der Waals surface area contributed by atoms with Gasteiger partial charge in [0, 0.05) is 0 Å². The maximum Gasteiger partial charge on any atom is 0.145 e. The fourth-order valence-corrected chi connectivity index (χ4v) is 0.0722. The Morgan fingerprint density at radius 1 is 2.00 bits per heavy atom. The summed E-state index contributed by atoms with van der Waals surface area (Å²) in [5.74, 6) is 1.56. The third-order valence-corrected chi connectivity index (χ3v) is 0.512. The SMILES string of the molecule is CCC(N)=C=O. The Balaban J connectivity index is 3.52. The molecule has 2 heteroatoms. The third kappa shape index (κ3) is 1.56. The Hall–Kier alpha value is -0.750. The Bertz CT molecular complexity index is 81.5. The number of hydrogen-bond acceptors (Lipinski definition) is 2. The van der Waals surface area contributed by atoms with Crippen LogP contribution in [0.25, 0.3) is 0 Å². The Morgan fingerprint density at radius 2 is 2.50 bits per heavy atom. The summed E-state index contributed by atoms with van der Waals surface area (Å²) in [4.78, 5) is 9.45. The van der Waals surface area contributed by atoms with Gasteiger partial charge in [0.2, 0.25) is 0 Å². The minimum atomic E-state index is 0.287. The molecule has 0 radical (unpaired) electrons. The zero-order valence-corrected chi connectivity index (χ0v) is 3.69. The first-order valence-electron chi connectivity index (χ1n) is 1.80. The van der Waals surface area contributed by atoms with E-state index < -0.39 is 0 Å². The zero-order chi connectivity index (χ0) is 4.99. The molecule has 0 aromatic heterocycles. The Morgan fingerprint density at radius 3 is 2.50 bits per heavy atom. The van der Waals surface area contributed by atoms with Gasteiger partial charge in [-0.1, -0.05) is 6.92 Å². The fraction of sp³-hybridized carbons (Fsp3) is 0.500. The van der Waals surface area contributed by atoms with Crippen molar-refractivity contribution in [3.05, 3.63) is 5.70 Å². The quantitative estimate of drug-likeness (QED) is 0.458. The van der Waals surface area contributed by atoms with Crippen molar-refractivity contribution in [1.29, 1.82) is 0 Å². The molecule has 0 aliphatic carbocycles. The van der Waals surface area contributed by atoms with Gasteiger partial charge in [0.15, 0.2) is 0 Å². The Labute approximate surface area is 36.6 Å². The van der Waals surface area contributed by atoms with Crippen LogP contribution in [0, 0.1) is 0 Å². The molecule has 0 atom stereocenters. The van der Waals surface area contributed by atoms with E-state index in [1.807, 2.05) is 0 Å². The summed E-state index contributed by atoms with van der Waals surface area (Å²) < 4.78 is 0. The molecule has 0 amide bonds. The van der Waals surface area contributed by atoms with Crippen LogP contribution >= 0.6 is 0 Å². The van der Waals surface area contributed by atoms with Crippen molar-refractivity contribution in [2.45, 2.75) is 13.3 Å². The lowest BCUT2D eigenvalue weighted by Crippen LogP contribution is -1.93. The molecule has 0 heterocycles. The molecule has 0 aromatic carbocycles. The third-order valence-electron chi connectivity index (χ3n) is 0.512. The highest BCUT2D eigenvalue weighted by atomic mass is 16.1. The maximum absolute atomic E-state index is 9.45. The second-order valence-corrected chi connectivity index (χ2v) is 0.981. The van der Waals surface area contributed by atoms with Crippen molar-refractivity contribution in [3.8, 4) is 0 Å².